The van der Waals surface area contributed by atoms with Crippen LogP contribution in [0.4, 0.5) is 0 Å². The first-order valence-corrected chi connectivity index (χ1v) is 18.6. The van der Waals surface area contributed by atoms with Crippen LogP contribution in [0.3, 0.4) is 0 Å². The van der Waals surface area contributed by atoms with Gasteiger partial charge in [0.25, 0.3) is 0 Å². The van der Waals surface area contributed by atoms with Crippen LogP contribution in [-0.4, -0.2) is 53.5 Å². The van der Waals surface area contributed by atoms with Gasteiger partial charge in [-0.1, -0.05) is 58.3 Å². The molecule has 4 aliphatic rings. The molecule has 0 bridgehead atoms. The minimum absolute atomic E-state index is 0.0814. The monoisotopic (exact) mass is 620 g/mol. The fourth-order valence-electron chi connectivity index (χ4n) is 9.11. The number of nitrogens with zero attached hydrogens (tertiary/aromatic N) is 2. The number of carbonyl (C=O) groups is 3. The summed E-state index contributed by atoms with van der Waals surface area (Å²) in [6, 6.07) is 0. The normalized spacial score (nSPS) is 26.8. The Balaban J connectivity index is 1.09. The van der Waals surface area contributed by atoms with Crippen LogP contribution in [0.15, 0.2) is 36.6 Å². The summed E-state index contributed by atoms with van der Waals surface area (Å²) in [7, 11) is 0. The fraction of sp³-hybridized carbons (Fsp3) is 0.775. The number of likely N-dealkylation sites (tertiary alicyclic amines) is 2. The maximum atomic E-state index is 13.0. The summed E-state index contributed by atoms with van der Waals surface area (Å²) < 4.78 is 0. The van der Waals surface area contributed by atoms with E-state index in [4.69, 9.17) is 0 Å². The Labute approximate surface area is 275 Å². The Kier molecular flexibility index (Phi) is 14.0. The van der Waals surface area contributed by atoms with Gasteiger partial charge in [-0.05, 0) is 113 Å². The fourth-order valence-corrected chi connectivity index (χ4v) is 9.11. The van der Waals surface area contributed by atoms with Gasteiger partial charge in [0, 0.05) is 63.1 Å². The molecule has 2 saturated carbocycles. The third-order valence-corrected chi connectivity index (χ3v) is 11.9. The second-order valence-electron chi connectivity index (χ2n) is 15.8. The second kappa shape index (κ2) is 17.7. The van der Waals surface area contributed by atoms with Crippen molar-refractivity contribution in [2.45, 2.75) is 136 Å². The Bertz CT molecular complexity index is 964. The molecule has 4 unspecified atom stereocenters. The number of carbonyl (C=O) groups excluding carboxylic acids is 3. The van der Waals surface area contributed by atoms with E-state index in [-0.39, 0.29) is 5.91 Å². The molecule has 4 fully saturated rings. The van der Waals surface area contributed by atoms with E-state index in [0.29, 0.717) is 47.2 Å². The molecule has 5 heteroatoms. The first kappa shape index (κ1) is 35.7. The van der Waals surface area contributed by atoms with Crippen molar-refractivity contribution in [1.29, 1.82) is 0 Å². The van der Waals surface area contributed by atoms with Crippen molar-refractivity contribution < 1.29 is 14.4 Å². The lowest BCUT2D eigenvalue weighted by atomic mass is 9.71. The van der Waals surface area contributed by atoms with Crippen LogP contribution < -0.4 is 0 Å². The predicted octanol–water partition coefficient (Wildman–Crippen LogP) is 9.08. The van der Waals surface area contributed by atoms with E-state index in [1.54, 1.807) is 6.92 Å². The highest BCUT2D eigenvalue weighted by Gasteiger charge is 2.30. The van der Waals surface area contributed by atoms with E-state index in [9.17, 15) is 14.4 Å². The molecular formula is C40H64N2O3. The summed E-state index contributed by atoms with van der Waals surface area (Å²) in [4.78, 5) is 42.4. The lowest BCUT2D eigenvalue weighted by molar-refractivity contribution is -0.128. The number of piperidine rings is 2. The van der Waals surface area contributed by atoms with Crippen LogP contribution in [0, 0.1) is 35.5 Å². The SMILES string of the molecule is C=C(C)C(=C)N1CCC(CCC(=O)CC2CCCC(CC3CCCC(CC(=O)CCC4CCN(C(=O)C(=C)C)CC4)C3)C2)CC1. The first-order chi connectivity index (χ1) is 21.6. The van der Waals surface area contributed by atoms with Crippen LogP contribution in [0.2, 0.25) is 0 Å². The van der Waals surface area contributed by atoms with Crippen molar-refractivity contribution in [3.63, 3.8) is 0 Å². The molecule has 0 N–H and O–H groups in total. The van der Waals surface area contributed by atoms with Crippen LogP contribution in [0.5, 0.6) is 0 Å². The van der Waals surface area contributed by atoms with Crippen LogP contribution in [-0.2, 0) is 14.4 Å². The van der Waals surface area contributed by atoms with Gasteiger partial charge in [0.05, 0.1) is 0 Å². The van der Waals surface area contributed by atoms with Crippen LogP contribution in [0.1, 0.15) is 136 Å². The molecule has 4 atom stereocenters. The van der Waals surface area contributed by atoms with Crippen molar-refractivity contribution in [3.05, 3.63) is 36.6 Å². The minimum Gasteiger partial charge on any atom is -0.372 e. The van der Waals surface area contributed by atoms with Gasteiger partial charge >= 0.3 is 0 Å². The highest BCUT2D eigenvalue weighted by Crippen LogP contribution is 2.41. The summed E-state index contributed by atoms with van der Waals surface area (Å²) in [5.41, 5.74) is 2.75. The Hall–Kier alpha value is -2.17. The molecule has 252 valence electrons. The maximum absolute atomic E-state index is 13.0. The van der Waals surface area contributed by atoms with Gasteiger partial charge in [0.2, 0.25) is 5.91 Å². The van der Waals surface area contributed by atoms with Crippen molar-refractivity contribution in [1.82, 2.24) is 9.80 Å². The quantitative estimate of drug-likeness (QED) is 0.135. The maximum Gasteiger partial charge on any atom is 0.248 e. The molecule has 4 rings (SSSR count). The standard InChI is InChI=1S/C40H64N2O3/c1-29(2)31(5)41-20-16-32(17-21-41)12-14-38(43)27-36-10-6-8-34(25-36)24-35-9-7-11-37(26-35)28-39(44)15-13-33-18-22-42(23-19-33)40(45)30(3)4/h32-37H,1,3,5-28H2,2,4H3. The molecule has 2 aliphatic heterocycles. The van der Waals surface area contributed by atoms with E-state index >= 15 is 0 Å². The van der Waals surface area contributed by atoms with Gasteiger partial charge in [0.1, 0.15) is 11.6 Å². The van der Waals surface area contributed by atoms with Crippen molar-refractivity contribution in [2.24, 2.45) is 35.5 Å². The Morgan fingerprint density at radius 3 is 1.40 bits per heavy atom. The molecule has 0 radical (unpaired) electrons. The zero-order valence-corrected chi connectivity index (χ0v) is 29.0. The van der Waals surface area contributed by atoms with Crippen LogP contribution >= 0.6 is 0 Å². The first-order valence-electron chi connectivity index (χ1n) is 18.6. The molecule has 0 aromatic carbocycles. The van der Waals surface area contributed by atoms with Crippen molar-refractivity contribution in [2.75, 3.05) is 26.2 Å². The predicted molar refractivity (Wildman–Crippen MR) is 186 cm³/mol. The van der Waals surface area contributed by atoms with Gasteiger partial charge in [0.15, 0.2) is 0 Å². The lowest BCUT2D eigenvalue weighted by Crippen LogP contribution is -2.38. The largest absolute Gasteiger partial charge is 0.372 e. The molecule has 45 heavy (non-hydrogen) atoms. The van der Waals surface area contributed by atoms with Crippen LogP contribution in [0.25, 0.3) is 0 Å². The molecule has 0 spiro atoms. The molecule has 0 aromatic rings. The van der Waals surface area contributed by atoms with Gasteiger partial charge in [-0.15, -0.1) is 0 Å². The zero-order valence-electron chi connectivity index (χ0n) is 29.0. The van der Waals surface area contributed by atoms with Gasteiger partial charge < -0.3 is 9.80 Å². The zero-order chi connectivity index (χ0) is 32.3. The van der Waals surface area contributed by atoms with E-state index < -0.39 is 0 Å². The van der Waals surface area contributed by atoms with Gasteiger partial charge in [-0.25, -0.2) is 0 Å². The molecule has 1 amide bonds. The number of rotatable bonds is 15. The third-order valence-electron chi connectivity index (χ3n) is 11.9. The summed E-state index contributed by atoms with van der Waals surface area (Å²) >= 11 is 0. The van der Waals surface area contributed by atoms with Crippen molar-refractivity contribution >= 4 is 17.5 Å². The molecule has 0 aromatic heterocycles. The average molecular weight is 621 g/mol. The summed E-state index contributed by atoms with van der Waals surface area (Å²) in [6.45, 7) is 19.5. The van der Waals surface area contributed by atoms with E-state index in [1.165, 1.54) is 57.8 Å². The Morgan fingerprint density at radius 1 is 0.556 bits per heavy atom. The summed E-state index contributed by atoms with van der Waals surface area (Å²) in [5.74, 6) is 4.96. The molecule has 2 aliphatic carbocycles. The number of allylic oxidation sites excluding steroid dienone is 1. The highest BCUT2D eigenvalue weighted by molar-refractivity contribution is 5.92. The number of amides is 1. The van der Waals surface area contributed by atoms with Crippen molar-refractivity contribution in [3.8, 4) is 0 Å². The number of hydrogen-bond acceptors (Lipinski definition) is 4. The molecule has 5 nitrogen and oxygen atoms in total. The van der Waals surface area contributed by atoms with Gasteiger partial charge in [-0.3, -0.25) is 14.4 Å². The smallest absolute Gasteiger partial charge is 0.248 e. The van der Waals surface area contributed by atoms with E-state index in [2.05, 4.69) is 24.6 Å². The number of ketones is 2. The van der Waals surface area contributed by atoms with E-state index in [1.807, 2.05) is 11.8 Å². The molecule has 2 heterocycles. The third kappa shape index (κ3) is 11.5. The topological polar surface area (TPSA) is 57.7 Å². The number of Topliss-reactive ketones (excluding diaryl/α,β-unsaturated/α-hetero) is 2. The van der Waals surface area contributed by atoms with E-state index in [0.717, 1.165) is 107 Å². The molecule has 2 saturated heterocycles. The number of hydrogen-bond donors (Lipinski definition) is 0. The molecular weight excluding hydrogens is 556 g/mol. The lowest BCUT2D eigenvalue weighted by Gasteiger charge is -2.35. The summed E-state index contributed by atoms with van der Waals surface area (Å²) in [5, 5.41) is 0. The second-order valence-corrected chi connectivity index (χ2v) is 15.8. The summed E-state index contributed by atoms with van der Waals surface area (Å²) in [6.07, 6.45) is 20.9. The minimum atomic E-state index is 0.0814. The Morgan fingerprint density at radius 2 is 0.978 bits per heavy atom. The average Bonchev–Trinajstić information content (AvgIpc) is 3.03. The highest BCUT2D eigenvalue weighted by atomic mass is 16.2. The van der Waals surface area contributed by atoms with Gasteiger partial charge in [-0.2, -0.15) is 0 Å².